The summed E-state index contributed by atoms with van der Waals surface area (Å²) in [5.74, 6) is -0.0885. The van der Waals surface area contributed by atoms with Gasteiger partial charge in [-0.2, -0.15) is 0 Å². The van der Waals surface area contributed by atoms with Gasteiger partial charge in [0.1, 0.15) is 0 Å². The third-order valence-corrected chi connectivity index (χ3v) is 5.66. The standard InChI is InChI=1S/C27H26N2O/c1-17-10-13-25-23(14-17)24(27(30)28-20(4)21-8-6-5-7-9-21)16-26(29-25)22-12-11-18(2)19(3)15-22/h5-16,20H,1-4H3,(H,28,30). The first-order chi connectivity index (χ1) is 14.4. The molecule has 0 saturated heterocycles. The molecule has 1 amide bonds. The minimum Gasteiger partial charge on any atom is -0.345 e. The highest BCUT2D eigenvalue weighted by Crippen LogP contribution is 2.27. The van der Waals surface area contributed by atoms with Gasteiger partial charge in [-0.1, -0.05) is 54.1 Å². The van der Waals surface area contributed by atoms with Gasteiger partial charge in [0.15, 0.2) is 0 Å². The number of nitrogens with one attached hydrogen (secondary N) is 1. The van der Waals surface area contributed by atoms with Gasteiger partial charge in [0, 0.05) is 10.9 Å². The van der Waals surface area contributed by atoms with Crippen LogP contribution >= 0.6 is 0 Å². The number of rotatable bonds is 4. The van der Waals surface area contributed by atoms with Crippen molar-refractivity contribution >= 4 is 16.8 Å². The van der Waals surface area contributed by atoms with Crippen molar-refractivity contribution in [2.45, 2.75) is 33.7 Å². The Labute approximate surface area is 177 Å². The SMILES string of the molecule is Cc1ccc2nc(-c3ccc(C)c(C)c3)cc(C(=O)NC(C)c3ccccc3)c2c1. The van der Waals surface area contributed by atoms with Crippen LogP contribution in [0.15, 0.2) is 72.8 Å². The van der Waals surface area contributed by atoms with Crippen molar-refractivity contribution in [1.29, 1.82) is 0 Å². The van der Waals surface area contributed by atoms with Crippen LogP contribution < -0.4 is 5.32 Å². The number of amides is 1. The number of benzene rings is 3. The number of hydrogen-bond donors (Lipinski definition) is 1. The summed E-state index contributed by atoms with van der Waals surface area (Å²) in [5, 5.41) is 4.03. The van der Waals surface area contributed by atoms with E-state index in [1.807, 2.05) is 68.4 Å². The number of carbonyl (C=O) groups is 1. The quantitative estimate of drug-likeness (QED) is 0.440. The maximum absolute atomic E-state index is 13.3. The molecule has 0 saturated carbocycles. The molecule has 1 atom stereocenters. The Morgan fingerprint density at radius 3 is 2.37 bits per heavy atom. The molecule has 0 radical (unpaired) electrons. The van der Waals surface area contributed by atoms with Gasteiger partial charge >= 0.3 is 0 Å². The third-order valence-electron chi connectivity index (χ3n) is 5.66. The molecule has 3 aromatic carbocycles. The maximum atomic E-state index is 13.3. The van der Waals surface area contributed by atoms with Crippen molar-refractivity contribution in [3.8, 4) is 11.3 Å². The van der Waals surface area contributed by atoms with E-state index in [1.165, 1.54) is 11.1 Å². The van der Waals surface area contributed by atoms with E-state index in [4.69, 9.17) is 4.98 Å². The lowest BCUT2D eigenvalue weighted by Crippen LogP contribution is -2.27. The Hall–Kier alpha value is -3.46. The molecule has 1 heterocycles. The van der Waals surface area contributed by atoms with Gasteiger partial charge in [-0.3, -0.25) is 4.79 Å². The van der Waals surface area contributed by atoms with Crippen LogP contribution in [0.2, 0.25) is 0 Å². The molecule has 1 unspecified atom stereocenters. The van der Waals surface area contributed by atoms with Crippen LogP contribution in [0.5, 0.6) is 0 Å². The van der Waals surface area contributed by atoms with Gasteiger partial charge in [0.25, 0.3) is 5.91 Å². The second-order valence-electron chi connectivity index (χ2n) is 7.98. The molecule has 3 nitrogen and oxygen atoms in total. The number of fused-ring (bicyclic) bond motifs is 1. The molecule has 4 rings (SSSR count). The summed E-state index contributed by atoms with van der Waals surface area (Å²) in [4.78, 5) is 18.2. The Morgan fingerprint density at radius 1 is 0.867 bits per heavy atom. The summed E-state index contributed by atoms with van der Waals surface area (Å²) in [6, 6.07) is 24.2. The highest BCUT2D eigenvalue weighted by Gasteiger charge is 2.17. The summed E-state index contributed by atoms with van der Waals surface area (Å²) in [6.45, 7) is 8.23. The van der Waals surface area contributed by atoms with E-state index < -0.39 is 0 Å². The molecule has 150 valence electrons. The van der Waals surface area contributed by atoms with Gasteiger partial charge in [-0.15, -0.1) is 0 Å². The Kier molecular flexibility index (Phi) is 5.37. The van der Waals surface area contributed by atoms with Crippen LogP contribution in [0.4, 0.5) is 0 Å². The largest absolute Gasteiger partial charge is 0.345 e. The fraction of sp³-hybridized carbons (Fsp3) is 0.185. The van der Waals surface area contributed by atoms with Gasteiger partial charge < -0.3 is 5.32 Å². The number of pyridine rings is 1. The average Bonchev–Trinajstić information content (AvgIpc) is 2.75. The van der Waals surface area contributed by atoms with Crippen molar-refractivity contribution < 1.29 is 4.79 Å². The molecule has 0 spiro atoms. The Bertz CT molecular complexity index is 1230. The normalized spacial score (nSPS) is 12.0. The summed E-state index contributed by atoms with van der Waals surface area (Å²) in [6.07, 6.45) is 0. The molecule has 0 fully saturated rings. The Morgan fingerprint density at radius 2 is 1.63 bits per heavy atom. The van der Waals surface area contributed by atoms with E-state index in [1.54, 1.807) is 0 Å². The predicted molar refractivity (Wildman–Crippen MR) is 124 cm³/mol. The lowest BCUT2D eigenvalue weighted by molar-refractivity contribution is 0.0941. The molecule has 0 aliphatic rings. The van der Waals surface area contributed by atoms with Crippen molar-refractivity contribution in [2.75, 3.05) is 0 Å². The van der Waals surface area contributed by atoms with Crippen molar-refractivity contribution in [3.05, 3.63) is 101 Å². The smallest absolute Gasteiger partial charge is 0.252 e. The maximum Gasteiger partial charge on any atom is 0.252 e. The van der Waals surface area contributed by atoms with Crippen LogP contribution in [-0.4, -0.2) is 10.9 Å². The molecular weight excluding hydrogens is 368 g/mol. The van der Waals surface area contributed by atoms with Crippen LogP contribution in [0.25, 0.3) is 22.2 Å². The summed E-state index contributed by atoms with van der Waals surface area (Å²) >= 11 is 0. The second-order valence-corrected chi connectivity index (χ2v) is 7.98. The molecule has 0 aliphatic carbocycles. The third kappa shape index (κ3) is 3.97. The first kappa shape index (κ1) is 19.8. The fourth-order valence-electron chi connectivity index (χ4n) is 3.68. The molecule has 1 aromatic heterocycles. The number of hydrogen-bond acceptors (Lipinski definition) is 2. The van der Waals surface area contributed by atoms with Crippen LogP contribution in [-0.2, 0) is 0 Å². The average molecular weight is 395 g/mol. The second kappa shape index (κ2) is 8.11. The highest BCUT2D eigenvalue weighted by atomic mass is 16.1. The molecule has 4 aromatic rings. The number of aryl methyl sites for hydroxylation is 3. The summed E-state index contributed by atoms with van der Waals surface area (Å²) in [7, 11) is 0. The van der Waals surface area contributed by atoms with E-state index in [9.17, 15) is 4.79 Å². The molecule has 3 heteroatoms. The van der Waals surface area contributed by atoms with Crippen LogP contribution in [0.1, 0.15) is 45.6 Å². The molecule has 1 N–H and O–H groups in total. The molecule has 0 bridgehead atoms. The lowest BCUT2D eigenvalue weighted by Gasteiger charge is -2.16. The molecule has 0 aliphatic heterocycles. The summed E-state index contributed by atoms with van der Waals surface area (Å²) < 4.78 is 0. The zero-order chi connectivity index (χ0) is 21.3. The van der Waals surface area contributed by atoms with Crippen molar-refractivity contribution in [3.63, 3.8) is 0 Å². The number of carbonyl (C=O) groups excluding carboxylic acids is 1. The first-order valence-electron chi connectivity index (χ1n) is 10.3. The lowest BCUT2D eigenvalue weighted by atomic mass is 9.99. The number of aromatic nitrogens is 1. The van der Waals surface area contributed by atoms with Crippen LogP contribution in [0, 0.1) is 20.8 Å². The zero-order valence-corrected chi connectivity index (χ0v) is 17.9. The minimum absolute atomic E-state index is 0.0863. The summed E-state index contributed by atoms with van der Waals surface area (Å²) in [5.41, 5.74) is 7.95. The number of nitrogens with zero attached hydrogens (tertiary/aromatic N) is 1. The molecule has 30 heavy (non-hydrogen) atoms. The fourth-order valence-corrected chi connectivity index (χ4v) is 3.68. The van der Waals surface area contributed by atoms with E-state index in [2.05, 4.69) is 37.4 Å². The van der Waals surface area contributed by atoms with Crippen molar-refractivity contribution in [2.24, 2.45) is 0 Å². The van der Waals surface area contributed by atoms with Gasteiger partial charge in [0.05, 0.1) is 22.8 Å². The van der Waals surface area contributed by atoms with E-state index in [0.29, 0.717) is 5.56 Å². The van der Waals surface area contributed by atoms with Gasteiger partial charge in [0.2, 0.25) is 0 Å². The van der Waals surface area contributed by atoms with Crippen molar-refractivity contribution in [1.82, 2.24) is 10.3 Å². The van der Waals surface area contributed by atoms with E-state index in [-0.39, 0.29) is 11.9 Å². The van der Waals surface area contributed by atoms with E-state index in [0.717, 1.165) is 33.3 Å². The van der Waals surface area contributed by atoms with E-state index >= 15 is 0 Å². The predicted octanol–water partition coefficient (Wildman–Crippen LogP) is 6.32. The Balaban J connectivity index is 1.79. The topological polar surface area (TPSA) is 42.0 Å². The monoisotopic (exact) mass is 394 g/mol. The first-order valence-corrected chi connectivity index (χ1v) is 10.3. The molecular formula is C27H26N2O. The minimum atomic E-state index is -0.0885. The van der Waals surface area contributed by atoms with Crippen LogP contribution in [0.3, 0.4) is 0 Å². The van der Waals surface area contributed by atoms with Gasteiger partial charge in [-0.25, -0.2) is 4.98 Å². The zero-order valence-electron chi connectivity index (χ0n) is 17.9. The van der Waals surface area contributed by atoms with Gasteiger partial charge in [-0.05, 0) is 68.7 Å². The highest BCUT2D eigenvalue weighted by molar-refractivity contribution is 6.07.